The molecule has 0 radical (unpaired) electrons. The number of benzene rings is 2. The quantitative estimate of drug-likeness (QED) is 0.669. The molecule has 0 N–H and O–H groups in total. The van der Waals surface area contributed by atoms with Gasteiger partial charge in [-0.1, -0.05) is 0 Å². The van der Waals surface area contributed by atoms with Crippen LogP contribution in [0.5, 0.6) is 28.7 Å². The van der Waals surface area contributed by atoms with Crippen molar-refractivity contribution in [2.75, 3.05) is 27.9 Å². The Balaban J connectivity index is 1.77. The van der Waals surface area contributed by atoms with Crippen molar-refractivity contribution in [2.24, 2.45) is 0 Å². The third-order valence-corrected chi connectivity index (χ3v) is 5.52. The summed E-state index contributed by atoms with van der Waals surface area (Å²) in [5, 5.41) is 0. The zero-order valence-corrected chi connectivity index (χ0v) is 17.9. The molecular weight excluding hydrogens is 384 g/mol. The minimum atomic E-state index is -0.404. The summed E-state index contributed by atoms with van der Waals surface area (Å²) in [6, 6.07) is 7.22. The number of methoxy groups -OCH3 is 3. The second kappa shape index (κ2) is 7.59. The van der Waals surface area contributed by atoms with E-state index >= 15 is 0 Å². The third-order valence-electron chi connectivity index (χ3n) is 5.52. The van der Waals surface area contributed by atoms with Gasteiger partial charge in [0.25, 0.3) is 0 Å². The summed E-state index contributed by atoms with van der Waals surface area (Å²) < 4.78 is 28.3. The summed E-state index contributed by atoms with van der Waals surface area (Å²) in [5.41, 5.74) is 1.69. The smallest absolute Gasteiger partial charge is 0.174 e. The van der Waals surface area contributed by atoms with Gasteiger partial charge in [-0.05, 0) is 50.6 Å². The van der Waals surface area contributed by atoms with Crippen molar-refractivity contribution in [2.45, 2.75) is 31.8 Å². The molecule has 6 nitrogen and oxygen atoms in total. The fourth-order valence-corrected chi connectivity index (χ4v) is 4.02. The Bertz CT molecular complexity index is 1020. The molecule has 0 spiro atoms. The van der Waals surface area contributed by atoms with Crippen LogP contribution in [0.25, 0.3) is 6.08 Å². The number of ketones is 1. The highest BCUT2D eigenvalue weighted by atomic mass is 16.5. The summed E-state index contributed by atoms with van der Waals surface area (Å²) in [4.78, 5) is 13.6. The summed E-state index contributed by atoms with van der Waals surface area (Å²) in [6.07, 6.45) is 4.49. The SMILES string of the molecule is COc1cc2c(cc1OC)C(C(=O)c1ccc3c(c1OC)C=CC(C)(C)O3)CCO2. The monoisotopic (exact) mass is 410 g/mol. The lowest BCUT2D eigenvalue weighted by Crippen LogP contribution is -2.28. The van der Waals surface area contributed by atoms with Gasteiger partial charge >= 0.3 is 0 Å². The van der Waals surface area contributed by atoms with E-state index in [9.17, 15) is 4.79 Å². The highest BCUT2D eigenvalue weighted by Crippen LogP contribution is 2.45. The van der Waals surface area contributed by atoms with E-state index in [2.05, 4.69) is 0 Å². The first kappa shape index (κ1) is 20.1. The normalized spacial score (nSPS) is 18.4. The van der Waals surface area contributed by atoms with Crippen LogP contribution < -0.4 is 23.7 Å². The van der Waals surface area contributed by atoms with E-state index in [4.69, 9.17) is 23.7 Å². The van der Waals surface area contributed by atoms with Gasteiger partial charge in [0, 0.05) is 11.6 Å². The summed E-state index contributed by atoms with van der Waals surface area (Å²) >= 11 is 0. The number of carbonyl (C=O) groups excluding carboxylic acids is 1. The minimum absolute atomic E-state index is 0.0235. The van der Waals surface area contributed by atoms with E-state index in [1.54, 1.807) is 33.5 Å². The zero-order chi connectivity index (χ0) is 21.5. The highest BCUT2D eigenvalue weighted by Gasteiger charge is 2.33. The molecule has 158 valence electrons. The van der Waals surface area contributed by atoms with Gasteiger partial charge in [-0.25, -0.2) is 0 Å². The van der Waals surface area contributed by atoms with Gasteiger partial charge in [0.1, 0.15) is 22.8 Å². The predicted molar refractivity (Wildman–Crippen MR) is 113 cm³/mol. The first-order valence-electron chi connectivity index (χ1n) is 9.90. The standard InChI is InChI=1S/C24H26O6/c1-24(2)10-8-15-18(30-24)7-6-16(23(15)28-5)22(25)14-9-11-29-19-13-21(27-4)20(26-3)12-17(14)19/h6-8,10,12-14H,9,11H2,1-5H3. The van der Waals surface area contributed by atoms with E-state index < -0.39 is 5.60 Å². The maximum absolute atomic E-state index is 13.6. The molecule has 6 heteroatoms. The van der Waals surface area contributed by atoms with Gasteiger partial charge in [0.05, 0.1) is 45.0 Å². The fourth-order valence-electron chi connectivity index (χ4n) is 4.02. The molecule has 0 amide bonds. The Hall–Kier alpha value is -3.15. The lowest BCUT2D eigenvalue weighted by Gasteiger charge is -2.30. The molecular formula is C24H26O6. The second-order valence-electron chi connectivity index (χ2n) is 7.90. The number of hydrogen-bond acceptors (Lipinski definition) is 6. The van der Waals surface area contributed by atoms with E-state index in [1.165, 1.54) is 0 Å². The van der Waals surface area contributed by atoms with E-state index in [0.717, 1.165) is 11.1 Å². The Morgan fingerprint density at radius 2 is 1.77 bits per heavy atom. The van der Waals surface area contributed by atoms with Gasteiger partial charge in [-0.3, -0.25) is 4.79 Å². The molecule has 2 aromatic carbocycles. The largest absolute Gasteiger partial charge is 0.495 e. The molecule has 2 aliphatic rings. The van der Waals surface area contributed by atoms with Crippen LogP contribution in [-0.4, -0.2) is 39.3 Å². The Labute approximate surface area is 176 Å². The van der Waals surface area contributed by atoms with Gasteiger partial charge in [-0.2, -0.15) is 0 Å². The predicted octanol–water partition coefficient (Wildman–Crippen LogP) is 4.65. The zero-order valence-electron chi connectivity index (χ0n) is 17.9. The van der Waals surface area contributed by atoms with Crippen LogP contribution in [0.1, 0.15) is 47.7 Å². The first-order chi connectivity index (χ1) is 14.4. The topological polar surface area (TPSA) is 63.2 Å². The number of hydrogen-bond donors (Lipinski definition) is 0. The van der Waals surface area contributed by atoms with E-state index in [0.29, 0.717) is 47.3 Å². The molecule has 1 unspecified atom stereocenters. The van der Waals surface area contributed by atoms with Crippen molar-refractivity contribution in [3.8, 4) is 28.7 Å². The molecule has 0 bridgehead atoms. The molecule has 1 atom stereocenters. The second-order valence-corrected chi connectivity index (χ2v) is 7.90. The molecule has 0 aromatic heterocycles. The van der Waals surface area contributed by atoms with Crippen molar-refractivity contribution in [1.29, 1.82) is 0 Å². The number of rotatable bonds is 5. The van der Waals surface area contributed by atoms with Crippen molar-refractivity contribution >= 4 is 11.9 Å². The van der Waals surface area contributed by atoms with Gasteiger partial charge < -0.3 is 23.7 Å². The lowest BCUT2D eigenvalue weighted by molar-refractivity contribution is 0.0929. The van der Waals surface area contributed by atoms with Gasteiger partial charge in [0.15, 0.2) is 17.3 Å². The molecule has 2 aliphatic heterocycles. The Kier molecular flexibility index (Phi) is 5.10. The molecule has 2 aromatic rings. The van der Waals surface area contributed by atoms with Crippen molar-refractivity contribution < 1.29 is 28.5 Å². The van der Waals surface area contributed by atoms with Crippen LogP contribution in [0.2, 0.25) is 0 Å². The van der Waals surface area contributed by atoms with Crippen LogP contribution in [0, 0.1) is 0 Å². The number of carbonyl (C=O) groups is 1. The lowest BCUT2D eigenvalue weighted by atomic mass is 9.85. The van der Waals surface area contributed by atoms with Crippen LogP contribution in [0.4, 0.5) is 0 Å². The van der Waals surface area contributed by atoms with Crippen LogP contribution in [0.3, 0.4) is 0 Å². The Morgan fingerprint density at radius 1 is 1.03 bits per heavy atom. The number of Topliss-reactive ketones (excluding diaryl/α,β-unsaturated/α-hetero) is 1. The molecule has 4 rings (SSSR count). The summed E-state index contributed by atoms with van der Waals surface area (Å²) in [6.45, 7) is 4.42. The molecule has 0 aliphatic carbocycles. The minimum Gasteiger partial charge on any atom is -0.495 e. The van der Waals surface area contributed by atoms with Crippen molar-refractivity contribution in [3.63, 3.8) is 0 Å². The van der Waals surface area contributed by atoms with Crippen molar-refractivity contribution in [3.05, 3.63) is 47.0 Å². The maximum Gasteiger partial charge on any atom is 0.174 e. The maximum atomic E-state index is 13.6. The average molecular weight is 410 g/mol. The van der Waals surface area contributed by atoms with E-state index in [-0.39, 0.29) is 11.7 Å². The molecule has 0 saturated heterocycles. The van der Waals surface area contributed by atoms with Crippen LogP contribution in [-0.2, 0) is 0 Å². The highest BCUT2D eigenvalue weighted by molar-refractivity contribution is 6.05. The molecule has 0 saturated carbocycles. The van der Waals surface area contributed by atoms with E-state index in [1.807, 2.05) is 38.1 Å². The van der Waals surface area contributed by atoms with Gasteiger partial charge in [0.2, 0.25) is 0 Å². The molecule has 2 heterocycles. The van der Waals surface area contributed by atoms with Crippen molar-refractivity contribution in [1.82, 2.24) is 0 Å². The summed E-state index contributed by atoms with van der Waals surface area (Å²) in [5.74, 6) is 2.61. The number of fused-ring (bicyclic) bond motifs is 2. The van der Waals surface area contributed by atoms with Gasteiger partial charge in [-0.15, -0.1) is 0 Å². The number of ether oxygens (including phenoxy) is 5. The third kappa shape index (κ3) is 3.36. The summed E-state index contributed by atoms with van der Waals surface area (Å²) in [7, 11) is 4.72. The Morgan fingerprint density at radius 3 is 2.47 bits per heavy atom. The van der Waals surface area contributed by atoms with Crippen LogP contribution >= 0.6 is 0 Å². The van der Waals surface area contributed by atoms with Crippen LogP contribution in [0.15, 0.2) is 30.3 Å². The fraction of sp³-hybridized carbons (Fsp3) is 0.375. The average Bonchev–Trinajstić information content (AvgIpc) is 2.75. The molecule has 30 heavy (non-hydrogen) atoms. The first-order valence-corrected chi connectivity index (χ1v) is 9.90. The molecule has 0 fully saturated rings.